The molecule has 7 nitrogen and oxygen atoms in total. The molecule has 2 aromatic heterocycles. The van der Waals surface area contributed by atoms with E-state index in [0.29, 0.717) is 23.0 Å². The van der Waals surface area contributed by atoms with Gasteiger partial charge in [0.2, 0.25) is 0 Å². The van der Waals surface area contributed by atoms with Gasteiger partial charge in [0.25, 0.3) is 11.5 Å². The van der Waals surface area contributed by atoms with Gasteiger partial charge in [-0.1, -0.05) is 24.3 Å². The van der Waals surface area contributed by atoms with Gasteiger partial charge >= 0.3 is 5.97 Å². The molecule has 2 heterocycles. The number of ether oxygens (including phenoxy) is 1. The summed E-state index contributed by atoms with van der Waals surface area (Å²) in [5.41, 5.74) is 0.0791. The number of nitrogens with one attached hydrogen (secondary N) is 2. The van der Waals surface area contributed by atoms with Crippen LogP contribution in [-0.2, 0) is 27.3 Å². The summed E-state index contributed by atoms with van der Waals surface area (Å²) >= 11 is 1.53. The minimum atomic E-state index is -0.920. The first kappa shape index (κ1) is 17.8. The van der Waals surface area contributed by atoms with Crippen molar-refractivity contribution < 1.29 is 14.3 Å². The van der Waals surface area contributed by atoms with Gasteiger partial charge in [-0.15, -0.1) is 11.3 Å². The summed E-state index contributed by atoms with van der Waals surface area (Å²) < 4.78 is 5.19. The lowest BCUT2D eigenvalue weighted by Gasteiger charge is -2.13. The standard InChI is InChI=1S/C18H17N3O4S/c1-11(17(23)19-10-12-5-4-8-26-12)25-16(22)9-15-13-6-2-3-7-14(13)18(24)21-20-15/h2-8,11H,9-10H2,1H3,(H,19,23)(H,21,24)/t11-/m0/s1. The molecule has 0 saturated heterocycles. The average molecular weight is 371 g/mol. The second kappa shape index (κ2) is 7.92. The lowest BCUT2D eigenvalue weighted by Crippen LogP contribution is -2.35. The third kappa shape index (κ3) is 4.15. The number of hydrogen-bond acceptors (Lipinski definition) is 6. The number of benzene rings is 1. The number of aromatic amines is 1. The Balaban J connectivity index is 1.61. The van der Waals surface area contributed by atoms with E-state index in [0.717, 1.165) is 4.88 Å². The molecule has 0 spiro atoms. The Labute approximate surface area is 153 Å². The van der Waals surface area contributed by atoms with Crippen molar-refractivity contribution in [3.05, 3.63) is 62.7 Å². The summed E-state index contributed by atoms with van der Waals surface area (Å²) in [5, 5.41) is 12.0. The summed E-state index contributed by atoms with van der Waals surface area (Å²) in [5.74, 6) is -0.959. The largest absolute Gasteiger partial charge is 0.452 e. The first-order valence-corrected chi connectivity index (χ1v) is 8.88. The zero-order chi connectivity index (χ0) is 18.5. The third-order valence-corrected chi connectivity index (χ3v) is 4.66. The number of aromatic nitrogens is 2. The van der Waals surface area contributed by atoms with Crippen molar-refractivity contribution in [3.63, 3.8) is 0 Å². The van der Waals surface area contributed by atoms with Gasteiger partial charge in [0.15, 0.2) is 6.10 Å². The number of esters is 1. The summed E-state index contributed by atoms with van der Waals surface area (Å²) in [4.78, 5) is 37.0. The van der Waals surface area contributed by atoms with E-state index in [-0.39, 0.29) is 17.9 Å². The maximum Gasteiger partial charge on any atom is 0.312 e. The Morgan fingerprint density at radius 2 is 2.00 bits per heavy atom. The quantitative estimate of drug-likeness (QED) is 0.643. The highest BCUT2D eigenvalue weighted by Crippen LogP contribution is 2.13. The second-order valence-electron chi connectivity index (χ2n) is 5.65. The lowest BCUT2D eigenvalue weighted by molar-refractivity contribution is -0.154. The van der Waals surface area contributed by atoms with Crippen molar-refractivity contribution in [2.45, 2.75) is 26.0 Å². The summed E-state index contributed by atoms with van der Waals surface area (Å²) in [6, 6.07) is 10.7. The molecule has 8 heteroatoms. The predicted molar refractivity (Wildman–Crippen MR) is 97.8 cm³/mol. The number of nitrogens with zero attached hydrogens (tertiary/aromatic N) is 1. The van der Waals surface area contributed by atoms with Crippen LogP contribution in [0.1, 0.15) is 17.5 Å². The lowest BCUT2D eigenvalue weighted by atomic mass is 10.1. The van der Waals surface area contributed by atoms with Gasteiger partial charge in [-0.25, -0.2) is 5.10 Å². The molecule has 1 atom stereocenters. The van der Waals surface area contributed by atoms with Crippen LogP contribution in [0.25, 0.3) is 10.8 Å². The number of thiophene rings is 1. The van der Waals surface area contributed by atoms with Crippen LogP contribution in [0, 0.1) is 0 Å². The Bertz CT molecular complexity index is 982. The molecular weight excluding hydrogens is 354 g/mol. The molecule has 1 aromatic carbocycles. The van der Waals surface area contributed by atoms with Crippen molar-refractivity contribution in [3.8, 4) is 0 Å². The molecule has 3 aromatic rings. The van der Waals surface area contributed by atoms with Gasteiger partial charge in [0.05, 0.1) is 24.0 Å². The summed E-state index contributed by atoms with van der Waals surface area (Å²) in [6.07, 6.45) is -1.06. The second-order valence-corrected chi connectivity index (χ2v) is 6.68. The number of H-pyrrole nitrogens is 1. The molecule has 0 bridgehead atoms. The molecule has 0 fully saturated rings. The number of fused-ring (bicyclic) bond motifs is 1. The van der Waals surface area contributed by atoms with E-state index >= 15 is 0 Å². The van der Waals surface area contributed by atoms with E-state index in [1.807, 2.05) is 17.5 Å². The van der Waals surface area contributed by atoms with Gasteiger partial charge in [-0.2, -0.15) is 5.10 Å². The van der Waals surface area contributed by atoms with Gasteiger partial charge in [0.1, 0.15) is 0 Å². The van der Waals surface area contributed by atoms with Crippen molar-refractivity contribution in [1.29, 1.82) is 0 Å². The Kier molecular flexibility index (Phi) is 5.43. The van der Waals surface area contributed by atoms with Gasteiger partial charge in [0, 0.05) is 10.3 Å². The first-order valence-electron chi connectivity index (χ1n) is 8.00. The van der Waals surface area contributed by atoms with E-state index in [4.69, 9.17) is 4.74 Å². The molecule has 0 saturated carbocycles. The molecule has 0 aliphatic carbocycles. The van der Waals surface area contributed by atoms with E-state index in [1.54, 1.807) is 24.3 Å². The minimum Gasteiger partial charge on any atom is -0.452 e. The monoisotopic (exact) mass is 371 g/mol. The molecule has 0 radical (unpaired) electrons. The summed E-state index contributed by atoms with van der Waals surface area (Å²) in [7, 11) is 0. The fourth-order valence-electron chi connectivity index (χ4n) is 2.47. The van der Waals surface area contributed by atoms with Crippen molar-refractivity contribution in [2.24, 2.45) is 0 Å². The molecule has 26 heavy (non-hydrogen) atoms. The van der Waals surface area contributed by atoms with Crippen molar-refractivity contribution in [2.75, 3.05) is 0 Å². The first-order chi connectivity index (χ1) is 12.5. The van der Waals surface area contributed by atoms with Crippen LogP contribution in [0.5, 0.6) is 0 Å². The van der Waals surface area contributed by atoms with Gasteiger partial charge < -0.3 is 10.1 Å². The number of rotatable bonds is 6. The van der Waals surface area contributed by atoms with Crippen LogP contribution in [0.3, 0.4) is 0 Å². The Hall–Kier alpha value is -3.00. The molecule has 0 aliphatic heterocycles. The highest BCUT2D eigenvalue weighted by Gasteiger charge is 2.19. The SMILES string of the molecule is C[C@H](OC(=O)Cc1n[nH]c(=O)c2ccccc12)C(=O)NCc1cccs1. The number of carbonyl (C=O) groups is 2. The third-order valence-electron chi connectivity index (χ3n) is 3.78. The average Bonchev–Trinajstić information content (AvgIpc) is 3.16. The fourth-order valence-corrected chi connectivity index (χ4v) is 3.11. The minimum absolute atomic E-state index is 0.139. The van der Waals surface area contributed by atoms with Crippen LogP contribution in [0.15, 0.2) is 46.6 Å². The highest BCUT2D eigenvalue weighted by molar-refractivity contribution is 7.09. The zero-order valence-corrected chi connectivity index (χ0v) is 14.8. The maximum atomic E-state index is 12.2. The topological polar surface area (TPSA) is 101 Å². The Morgan fingerprint density at radius 3 is 2.73 bits per heavy atom. The Morgan fingerprint density at radius 1 is 1.23 bits per heavy atom. The normalized spacial score (nSPS) is 11.9. The van der Waals surface area contributed by atoms with Crippen molar-refractivity contribution >= 4 is 34.0 Å². The van der Waals surface area contributed by atoms with Crippen LogP contribution in [0.4, 0.5) is 0 Å². The number of carbonyl (C=O) groups excluding carboxylic acids is 2. The molecule has 0 unspecified atom stereocenters. The predicted octanol–water partition coefficient (Wildman–Crippen LogP) is 1.78. The van der Waals surface area contributed by atoms with Crippen LogP contribution < -0.4 is 10.9 Å². The summed E-state index contributed by atoms with van der Waals surface area (Å²) in [6.45, 7) is 1.91. The van der Waals surface area contributed by atoms with Gasteiger partial charge in [-0.05, 0) is 24.4 Å². The zero-order valence-electron chi connectivity index (χ0n) is 14.0. The van der Waals surface area contributed by atoms with E-state index < -0.39 is 12.1 Å². The number of amides is 1. The van der Waals surface area contributed by atoms with E-state index in [9.17, 15) is 14.4 Å². The molecule has 3 rings (SSSR count). The van der Waals surface area contributed by atoms with Crippen LogP contribution in [0.2, 0.25) is 0 Å². The van der Waals surface area contributed by atoms with Gasteiger partial charge in [-0.3, -0.25) is 14.4 Å². The highest BCUT2D eigenvalue weighted by atomic mass is 32.1. The van der Waals surface area contributed by atoms with Crippen LogP contribution >= 0.6 is 11.3 Å². The molecule has 1 amide bonds. The maximum absolute atomic E-state index is 12.2. The fraction of sp³-hybridized carbons (Fsp3) is 0.222. The van der Waals surface area contributed by atoms with Crippen molar-refractivity contribution in [1.82, 2.24) is 15.5 Å². The van der Waals surface area contributed by atoms with E-state index in [2.05, 4.69) is 15.5 Å². The molecule has 0 aliphatic rings. The molecule has 2 N–H and O–H groups in total. The number of hydrogen-bond donors (Lipinski definition) is 2. The van der Waals surface area contributed by atoms with E-state index in [1.165, 1.54) is 18.3 Å². The smallest absolute Gasteiger partial charge is 0.312 e. The molecule has 134 valence electrons. The molecular formula is C18H17N3O4S. The van der Waals surface area contributed by atoms with Crippen LogP contribution in [-0.4, -0.2) is 28.2 Å².